The van der Waals surface area contributed by atoms with Crippen molar-refractivity contribution < 1.29 is 54.1 Å². The Morgan fingerprint density at radius 1 is 0.678 bits per heavy atom. The normalized spacial score (nSPS) is 15.2. The van der Waals surface area contributed by atoms with Gasteiger partial charge >= 0.3 is 171 Å². The topological polar surface area (TPSA) is 53.1 Å². The number of halogens is 6. The summed E-state index contributed by atoms with van der Waals surface area (Å²) in [4.78, 5) is 31.2. The molecule has 0 aliphatic carbocycles. The summed E-state index contributed by atoms with van der Waals surface area (Å²) >= 11 is 2.20. The third-order valence-electron chi connectivity index (χ3n) is 10.4. The van der Waals surface area contributed by atoms with Crippen LogP contribution < -0.4 is 19.4 Å². The smallest absolute Gasteiger partial charge is 0.0156 e. The van der Waals surface area contributed by atoms with Crippen LogP contribution in [0.15, 0.2) is 54.6 Å². The molecule has 2 amide bonds. The van der Waals surface area contributed by atoms with Crippen molar-refractivity contribution >= 4 is 45.9 Å². The van der Waals surface area contributed by atoms with E-state index >= 15 is 0 Å². The second kappa shape index (κ2) is 19.5. The van der Waals surface area contributed by atoms with Crippen molar-refractivity contribution in [1.82, 2.24) is 0 Å². The zero-order valence-electron chi connectivity index (χ0n) is 34.9. The van der Waals surface area contributed by atoms with Crippen LogP contribution in [-0.4, -0.2) is 35.6 Å². The van der Waals surface area contributed by atoms with E-state index in [0.29, 0.717) is 34.1 Å². The van der Waals surface area contributed by atoms with Crippen LogP contribution in [0.3, 0.4) is 0 Å². The first kappa shape index (κ1) is 47.5. The molecule has 1 atom stereocenters. The Morgan fingerprint density at radius 3 is 1.44 bits per heavy atom. The molecule has 1 saturated heterocycles. The molecule has 0 N–H and O–H groups in total. The first-order valence-corrected chi connectivity index (χ1v) is 20.6. The zero-order chi connectivity index (χ0) is 42.9. The minimum absolute atomic E-state index is 0. The molecule has 6 nitrogen and oxygen atoms in total. The average molecular weight is 926 g/mol. The molecule has 6 rings (SSSR count). The van der Waals surface area contributed by atoms with Crippen molar-refractivity contribution in [2.75, 3.05) is 27.8 Å². The summed E-state index contributed by atoms with van der Waals surface area (Å²) in [6.45, 7) is 26.1. The van der Waals surface area contributed by atoms with Crippen LogP contribution >= 0.6 is 12.4 Å². The fourth-order valence-electron chi connectivity index (χ4n) is 7.41. The quantitative estimate of drug-likeness (QED) is 0.0418. The number of imide groups is 1. The molecule has 2 aliphatic rings. The molecule has 0 radical (unpaired) electrons. The molecule has 13 heteroatoms. The Hall–Kier alpha value is -4.15. The molecule has 319 valence electrons. The van der Waals surface area contributed by atoms with Crippen LogP contribution in [0.1, 0.15) is 131 Å². The third-order valence-corrected chi connectivity index (χ3v) is 11.0. The van der Waals surface area contributed by atoms with Crippen molar-refractivity contribution in [3.05, 3.63) is 124 Å². The van der Waals surface area contributed by atoms with Crippen LogP contribution in [0, 0.1) is 41.7 Å². The Morgan fingerprint density at radius 2 is 1.07 bits per heavy atom. The van der Waals surface area contributed by atoms with Gasteiger partial charge in [-0.05, 0) is 45.9 Å². The van der Waals surface area contributed by atoms with Gasteiger partial charge in [0.2, 0.25) is 0 Å². The second-order valence-electron chi connectivity index (χ2n) is 16.2. The van der Waals surface area contributed by atoms with E-state index in [2.05, 4.69) is 126 Å². The number of fused-ring (bicyclic) bond motifs is 1. The number of anilines is 3. The fourth-order valence-corrected chi connectivity index (χ4v) is 7.81. The maximum Gasteiger partial charge on any atom is 0.0156 e. The Labute approximate surface area is 360 Å². The van der Waals surface area contributed by atoms with Gasteiger partial charge in [-0.2, -0.15) is 6.67 Å². The minimum Gasteiger partial charge on any atom is -0.502 e. The molecule has 4 aromatic rings. The minimum atomic E-state index is -2.40. The van der Waals surface area contributed by atoms with Crippen molar-refractivity contribution in [2.24, 2.45) is 5.92 Å². The standard InChI is InChI=1S/C27H39N2.C19H12F5NO3.ClH.Ru/c1-18(2)22-11-9-12-23(19(3)4)26(22)28-15-16-29(17-28)27-24(20(5)6)13-10-14-25(27)21(7)8;1-7(2)16-19(27)25(9-6-4-5-8(3)17(9)28-16)18(26)10-11(20)13(22)15(24)14(23)12(10)21;;/h9-14,17-21H,15-16H2,1-8H3;3-7,16H,1-2H3;1H;/q-1;;;+1. The largest absolute Gasteiger partial charge is 0.502 e. The number of rotatable bonds is 9. The van der Waals surface area contributed by atoms with Gasteiger partial charge in [0, 0.05) is 24.5 Å². The van der Waals surface area contributed by atoms with Gasteiger partial charge in [0.1, 0.15) is 0 Å². The Bertz CT molecular complexity index is 2060. The van der Waals surface area contributed by atoms with Crippen LogP contribution in [0.5, 0.6) is 5.75 Å². The van der Waals surface area contributed by atoms with E-state index in [0.717, 1.165) is 13.1 Å². The maximum atomic E-state index is 14.2. The van der Waals surface area contributed by atoms with E-state index < -0.39 is 58.5 Å². The van der Waals surface area contributed by atoms with E-state index in [9.17, 15) is 31.5 Å². The predicted octanol–water partition coefficient (Wildman–Crippen LogP) is 11.7. The molecular formula is C46H52ClF5N3O3Ru. The van der Waals surface area contributed by atoms with Gasteiger partial charge in [0.15, 0.2) is 0 Å². The molecule has 0 saturated carbocycles. The van der Waals surface area contributed by atoms with Crippen LogP contribution in [0.2, 0.25) is 0 Å². The number of para-hydroxylation sites is 3. The summed E-state index contributed by atoms with van der Waals surface area (Å²) in [5, 5.41) is 0. The van der Waals surface area contributed by atoms with Crippen molar-refractivity contribution in [3.63, 3.8) is 0 Å². The number of ether oxygens (including phenoxy) is 1. The van der Waals surface area contributed by atoms with Gasteiger partial charge in [0.25, 0.3) is 0 Å². The molecule has 0 bridgehead atoms. The van der Waals surface area contributed by atoms with Crippen molar-refractivity contribution in [2.45, 2.75) is 99.0 Å². The van der Waals surface area contributed by atoms with E-state index in [1.54, 1.807) is 24.5 Å². The van der Waals surface area contributed by atoms with E-state index in [-0.39, 0.29) is 23.8 Å². The molecule has 1 fully saturated rings. The van der Waals surface area contributed by atoms with Crippen LogP contribution in [-0.2, 0) is 22.6 Å². The summed E-state index contributed by atoms with van der Waals surface area (Å²) < 4.78 is 76.2. The average Bonchev–Trinajstić information content (AvgIpc) is 3.68. The summed E-state index contributed by atoms with van der Waals surface area (Å²) in [6.07, 6.45) is -1.21. The molecule has 2 aliphatic heterocycles. The molecule has 1 unspecified atom stereocenters. The molecule has 0 aromatic heterocycles. The molecule has 0 spiro atoms. The number of nitrogens with zero attached hydrogens (tertiary/aromatic N) is 3. The van der Waals surface area contributed by atoms with Gasteiger partial charge in [-0.15, -0.1) is 12.4 Å². The first-order chi connectivity index (χ1) is 27.3. The molecule has 59 heavy (non-hydrogen) atoms. The fraction of sp³-hybridized carbons (Fsp3) is 0.391. The maximum absolute atomic E-state index is 14.2. The van der Waals surface area contributed by atoms with Gasteiger partial charge < -0.3 is 9.80 Å². The SMILES string of the molecule is CC(C)C1Oc2c([CH]=[Ru+])cccc2N(C(=O)c2c(F)c(F)c(F)c(F)c2F)C1=O.CC(C)c1cccc(C(C)C)c1N1[CH-]N(c2c(C(C)C)cccc2C(C)C)CC1.Cl. The number of hydrogen-bond donors (Lipinski definition) is 0. The number of carbonyl (C=O) groups is 2. The second-order valence-corrected chi connectivity index (χ2v) is 16.7. The number of carbonyl (C=O) groups excluding carboxylic acids is 2. The number of amides is 2. The zero-order valence-corrected chi connectivity index (χ0v) is 37.5. The summed E-state index contributed by atoms with van der Waals surface area (Å²) in [6, 6.07) is 18.0. The predicted molar refractivity (Wildman–Crippen MR) is 224 cm³/mol. The number of hydrogen-bond acceptors (Lipinski definition) is 5. The summed E-state index contributed by atoms with van der Waals surface area (Å²) in [5.41, 5.74) is 7.23. The molecular weight excluding hydrogens is 874 g/mol. The van der Waals surface area contributed by atoms with E-state index in [1.165, 1.54) is 45.8 Å². The van der Waals surface area contributed by atoms with E-state index in [1.807, 2.05) is 0 Å². The van der Waals surface area contributed by atoms with Crippen LogP contribution in [0.25, 0.3) is 0 Å². The molecule has 4 aromatic carbocycles. The Balaban J connectivity index is 0.000000256. The third kappa shape index (κ3) is 9.29. The summed E-state index contributed by atoms with van der Waals surface area (Å²) in [7, 11) is 0. The van der Waals surface area contributed by atoms with Gasteiger partial charge in [0.05, 0.1) is 0 Å². The monoisotopic (exact) mass is 926 g/mol. The van der Waals surface area contributed by atoms with Gasteiger partial charge in [-0.25, -0.2) is 0 Å². The van der Waals surface area contributed by atoms with Gasteiger partial charge in [-0.3, -0.25) is 0 Å². The Kier molecular flexibility index (Phi) is 15.7. The first-order valence-electron chi connectivity index (χ1n) is 19.6. The van der Waals surface area contributed by atoms with Crippen molar-refractivity contribution in [3.8, 4) is 5.75 Å². The van der Waals surface area contributed by atoms with Gasteiger partial charge in [-0.1, -0.05) is 91.8 Å². The summed E-state index contributed by atoms with van der Waals surface area (Å²) in [5.74, 6) is -12.6. The molecule has 2 heterocycles. The van der Waals surface area contributed by atoms with E-state index in [4.69, 9.17) is 4.74 Å². The number of benzene rings is 4. The van der Waals surface area contributed by atoms with Crippen LogP contribution in [0.4, 0.5) is 39.0 Å². The van der Waals surface area contributed by atoms with Crippen molar-refractivity contribution in [1.29, 1.82) is 0 Å².